The van der Waals surface area contributed by atoms with E-state index in [4.69, 9.17) is 16.3 Å². The number of nitrogens with zero attached hydrogens (tertiary/aromatic N) is 2. The molecule has 1 amide bonds. The Balaban J connectivity index is 1.57. The highest BCUT2D eigenvalue weighted by atomic mass is 79.9. The van der Waals surface area contributed by atoms with Gasteiger partial charge in [0.05, 0.1) is 18.9 Å². The van der Waals surface area contributed by atoms with Crippen LogP contribution in [-0.2, 0) is 22.4 Å². The lowest BCUT2D eigenvalue weighted by atomic mass is 9.92. The van der Waals surface area contributed by atoms with Crippen molar-refractivity contribution in [1.82, 2.24) is 4.90 Å². The van der Waals surface area contributed by atoms with Crippen molar-refractivity contribution in [3.8, 4) is 5.75 Å². The third kappa shape index (κ3) is 5.53. The molecule has 6 nitrogen and oxygen atoms in total. The van der Waals surface area contributed by atoms with Crippen molar-refractivity contribution >= 4 is 44.9 Å². The van der Waals surface area contributed by atoms with E-state index in [0.29, 0.717) is 43.9 Å². The molecule has 2 aliphatic rings. The van der Waals surface area contributed by atoms with Crippen LogP contribution >= 0.6 is 27.5 Å². The zero-order valence-electron chi connectivity index (χ0n) is 20.3. The summed E-state index contributed by atoms with van der Waals surface area (Å²) >= 11 is 8.46. The Morgan fingerprint density at radius 2 is 1.83 bits per heavy atom. The highest BCUT2D eigenvalue weighted by Gasteiger charge is 2.49. The zero-order valence-corrected chi connectivity index (χ0v) is 22.7. The van der Waals surface area contributed by atoms with Gasteiger partial charge in [0.2, 0.25) is 5.91 Å². The molecule has 0 aliphatic carbocycles. The SMILES string of the molecule is CC(C)N1c2c(Br)cc(C(=O)Cc3ccc(OC(F)(F)Cl)cc3)cc2CC1(C)C(=O)N1CCOCC1. The van der Waals surface area contributed by atoms with Gasteiger partial charge in [-0.2, -0.15) is 0 Å². The van der Waals surface area contributed by atoms with Crippen LogP contribution in [0.1, 0.15) is 42.3 Å². The molecule has 0 spiro atoms. The number of carbonyl (C=O) groups is 2. The van der Waals surface area contributed by atoms with Crippen molar-refractivity contribution in [3.63, 3.8) is 0 Å². The van der Waals surface area contributed by atoms with E-state index in [2.05, 4.69) is 39.4 Å². The Morgan fingerprint density at radius 1 is 1.19 bits per heavy atom. The Hall–Kier alpha value is -2.23. The van der Waals surface area contributed by atoms with E-state index < -0.39 is 11.1 Å². The van der Waals surface area contributed by atoms with Gasteiger partial charge < -0.3 is 19.3 Å². The van der Waals surface area contributed by atoms with Gasteiger partial charge >= 0.3 is 5.57 Å². The molecule has 0 saturated carbocycles. The maximum atomic E-state index is 13.7. The highest BCUT2D eigenvalue weighted by Crippen LogP contribution is 2.46. The molecule has 1 fully saturated rings. The average Bonchev–Trinajstić information content (AvgIpc) is 3.13. The van der Waals surface area contributed by atoms with Crippen molar-refractivity contribution in [2.75, 3.05) is 31.2 Å². The maximum Gasteiger partial charge on any atom is 0.487 e. The molecule has 0 radical (unpaired) electrons. The van der Waals surface area contributed by atoms with E-state index in [1.165, 1.54) is 12.1 Å². The summed E-state index contributed by atoms with van der Waals surface area (Å²) in [5.74, 6) is -0.163. The fourth-order valence-electron chi connectivity index (χ4n) is 5.13. The van der Waals surface area contributed by atoms with E-state index in [1.54, 1.807) is 18.2 Å². The molecule has 10 heteroatoms. The van der Waals surface area contributed by atoms with Crippen LogP contribution in [0.15, 0.2) is 40.9 Å². The molecule has 0 bridgehead atoms. The number of fused-ring (bicyclic) bond motifs is 1. The summed E-state index contributed by atoms with van der Waals surface area (Å²) in [7, 11) is 0. The normalized spacial score (nSPS) is 20.0. The van der Waals surface area contributed by atoms with Crippen LogP contribution in [0.4, 0.5) is 14.5 Å². The molecule has 1 atom stereocenters. The van der Waals surface area contributed by atoms with Crippen LogP contribution in [0.25, 0.3) is 0 Å². The summed E-state index contributed by atoms with van der Waals surface area (Å²) in [6.45, 7) is 8.26. The van der Waals surface area contributed by atoms with E-state index in [1.807, 2.05) is 17.9 Å². The predicted molar refractivity (Wildman–Crippen MR) is 137 cm³/mol. The minimum absolute atomic E-state index is 0.0557. The lowest BCUT2D eigenvalue weighted by Gasteiger charge is -2.43. The molecule has 2 heterocycles. The quantitative estimate of drug-likeness (QED) is 0.320. The van der Waals surface area contributed by atoms with Crippen LogP contribution in [0.2, 0.25) is 0 Å². The van der Waals surface area contributed by atoms with Crippen molar-refractivity contribution in [1.29, 1.82) is 0 Å². The minimum Gasteiger partial charge on any atom is -0.420 e. The minimum atomic E-state index is -3.80. The van der Waals surface area contributed by atoms with Crippen LogP contribution in [0.3, 0.4) is 0 Å². The van der Waals surface area contributed by atoms with Crippen LogP contribution in [0, 0.1) is 0 Å². The van der Waals surface area contributed by atoms with Crippen LogP contribution in [-0.4, -0.2) is 60.0 Å². The first-order chi connectivity index (χ1) is 16.9. The fourth-order valence-corrected chi connectivity index (χ4v) is 5.92. The first kappa shape index (κ1) is 26.8. The highest BCUT2D eigenvalue weighted by molar-refractivity contribution is 9.10. The van der Waals surface area contributed by atoms with E-state index in [9.17, 15) is 18.4 Å². The average molecular weight is 586 g/mol. The number of anilines is 1. The van der Waals surface area contributed by atoms with E-state index >= 15 is 0 Å². The smallest absolute Gasteiger partial charge is 0.420 e. The van der Waals surface area contributed by atoms with Gasteiger partial charge in [-0.1, -0.05) is 12.1 Å². The number of ether oxygens (including phenoxy) is 2. The monoisotopic (exact) mass is 584 g/mol. The van der Waals surface area contributed by atoms with Gasteiger partial charge in [-0.3, -0.25) is 9.59 Å². The number of rotatable bonds is 7. The summed E-state index contributed by atoms with van der Waals surface area (Å²) in [5.41, 5.74) is -1.56. The molecule has 1 saturated heterocycles. The zero-order chi connectivity index (χ0) is 26.3. The van der Waals surface area contributed by atoms with E-state index in [-0.39, 0.29) is 29.9 Å². The second-order valence-corrected chi connectivity index (χ2v) is 10.9. The second kappa shape index (κ2) is 10.3. The number of morpholine rings is 1. The summed E-state index contributed by atoms with van der Waals surface area (Å²) in [6.07, 6.45) is 0.565. The first-order valence-corrected chi connectivity index (χ1v) is 12.9. The Bertz CT molecular complexity index is 1150. The number of Topliss-reactive ketones (excluding diaryl/α,β-unsaturated/α-hetero) is 1. The molecular weight excluding hydrogens is 558 g/mol. The lowest BCUT2D eigenvalue weighted by Crippen LogP contribution is -2.60. The summed E-state index contributed by atoms with van der Waals surface area (Å²) in [6, 6.07) is 9.50. The van der Waals surface area contributed by atoms with Crippen molar-refractivity contribution < 1.29 is 27.8 Å². The number of hydrogen-bond donors (Lipinski definition) is 0. The topological polar surface area (TPSA) is 59.1 Å². The van der Waals surface area contributed by atoms with Gasteiger partial charge in [0, 0.05) is 53.6 Å². The molecule has 1 unspecified atom stereocenters. The first-order valence-electron chi connectivity index (χ1n) is 11.8. The second-order valence-electron chi connectivity index (χ2n) is 9.58. The van der Waals surface area contributed by atoms with Gasteiger partial charge in [0.15, 0.2) is 5.78 Å². The van der Waals surface area contributed by atoms with Gasteiger partial charge in [-0.15, -0.1) is 8.78 Å². The molecule has 0 N–H and O–H groups in total. The van der Waals surface area contributed by atoms with Gasteiger partial charge in [0.25, 0.3) is 0 Å². The number of halogens is 4. The summed E-state index contributed by atoms with van der Waals surface area (Å²) < 4.78 is 36.1. The summed E-state index contributed by atoms with van der Waals surface area (Å²) in [4.78, 5) is 30.8. The summed E-state index contributed by atoms with van der Waals surface area (Å²) in [5, 5.41) is 0. The molecular formula is C26H28BrClF2N2O4. The van der Waals surface area contributed by atoms with Crippen LogP contribution < -0.4 is 9.64 Å². The van der Waals surface area contributed by atoms with Crippen molar-refractivity contribution in [3.05, 3.63) is 57.6 Å². The maximum absolute atomic E-state index is 13.7. The number of benzene rings is 2. The van der Waals surface area contributed by atoms with Crippen molar-refractivity contribution in [2.45, 2.75) is 50.8 Å². The molecule has 2 aromatic carbocycles. The third-order valence-corrected chi connectivity index (χ3v) is 7.25. The molecule has 36 heavy (non-hydrogen) atoms. The van der Waals surface area contributed by atoms with Crippen LogP contribution in [0.5, 0.6) is 5.75 Å². The predicted octanol–water partition coefficient (Wildman–Crippen LogP) is 5.43. The number of ketones is 1. The lowest BCUT2D eigenvalue weighted by molar-refractivity contribution is -0.140. The third-order valence-electron chi connectivity index (χ3n) is 6.57. The molecule has 4 rings (SSSR count). The Morgan fingerprint density at radius 3 is 2.42 bits per heavy atom. The van der Waals surface area contributed by atoms with E-state index in [0.717, 1.165) is 15.7 Å². The fraction of sp³-hybridized carbons (Fsp3) is 0.462. The molecule has 194 valence electrons. The number of amides is 1. The van der Waals surface area contributed by atoms with Gasteiger partial charge in [0.1, 0.15) is 11.3 Å². The standard InChI is InChI=1S/C26H28BrClF2N2O4/c1-16(2)32-23-19(15-25(32,3)24(34)31-8-10-35-11-9-31)13-18(14-21(23)27)22(33)12-17-4-6-20(7-5-17)36-26(28,29)30/h4-7,13-14,16H,8-12,15H2,1-3H3. The Kier molecular flexibility index (Phi) is 7.65. The number of alkyl halides is 3. The van der Waals surface area contributed by atoms with Gasteiger partial charge in [-0.05, 0) is 72.1 Å². The van der Waals surface area contributed by atoms with Crippen molar-refractivity contribution in [2.24, 2.45) is 0 Å². The largest absolute Gasteiger partial charge is 0.487 e. The number of carbonyl (C=O) groups excluding carboxylic acids is 2. The molecule has 2 aliphatic heterocycles. The molecule has 2 aromatic rings. The van der Waals surface area contributed by atoms with Gasteiger partial charge in [-0.25, -0.2) is 0 Å². The molecule has 0 aromatic heterocycles. The number of hydrogen-bond acceptors (Lipinski definition) is 5. The Labute approximate surface area is 222 Å².